The minimum atomic E-state index is -1.20. The Labute approximate surface area is 198 Å². The number of carboxylic acids is 1. The molecule has 4 rings (SSSR count). The highest BCUT2D eigenvalue weighted by Gasteiger charge is 2.26. The van der Waals surface area contributed by atoms with E-state index in [9.17, 15) is 33.4 Å². The van der Waals surface area contributed by atoms with E-state index in [0.29, 0.717) is 35.2 Å². The predicted octanol–water partition coefficient (Wildman–Crippen LogP) is 3.86. The van der Waals surface area contributed by atoms with Gasteiger partial charge in [0.2, 0.25) is 0 Å². The summed E-state index contributed by atoms with van der Waals surface area (Å²) in [6.07, 6.45) is 1.49. The summed E-state index contributed by atoms with van der Waals surface area (Å²) in [6.45, 7) is 0. The fourth-order valence-corrected chi connectivity index (χ4v) is 4.39. The third kappa shape index (κ3) is 4.86. The van der Waals surface area contributed by atoms with Crippen molar-refractivity contribution < 1.29 is 28.6 Å². The Hall–Kier alpha value is -4.21. The quantitative estimate of drug-likeness (QED) is 0.424. The zero-order valence-electron chi connectivity index (χ0n) is 18.8. The molecule has 4 N–H and O–H groups in total. The number of hydrogen-bond donors (Lipinski definition) is 4. The first-order valence-corrected chi connectivity index (χ1v) is 10.9. The highest BCUT2D eigenvalue weighted by Crippen LogP contribution is 2.33. The first-order valence-electron chi connectivity index (χ1n) is 10.9. The number of pyridine rings is 1. The van der Waals surface area contributed by atoms with Gasteiger partial charge in [0.25, 0.3) is 5.56 Å². The summed E-state index contributed by atoms with van der Waals surface area (Å²) in [5.74, 6) is -3.01. The van der Waals surface area contributed by atoms with E-state index < -0.39 is 41.7 Å². The van der Waals surface area contributed by atoms with Crippen LogP contribution >= 0.6 is 0 Å². The summed E-state index contributed by atoms with van der Waals surface area (Å²) >= 11 is 0. The van der Waals surface area contributed by atoms with Crippen LogP contribution in [0, 0.1) is 11.6 Å². The first kappa shape index (κ1) is 23.9. The molecule has 1 atom stereocenters. The molecule has 0 saturated carbocycles. The van der Waals surface area contributed by atoms with Crippen molar-refractivity contribution in [1.29, 1.82) is 0 Å². The van der Waals surface area contributed by atoms with Crippen molar-refractivity contribution in [2.24, 2.45) is 7.05 Å². The predicted molar refractivity (Wildman–Crippen MR) is 124 cm³/mol. The molecule has 10 heteroatoms. The monoisotopic (exact) mass is 483 g/mol. The number of anilines is 1. The molecule has 0 bridgehead atoms. The Bertz CT molecular complexity index is 1390. The number of carboxylic acid groups (broad SMARTS) is 1. The van der Waals surface area contributed by atoms with Crippen molar-refractivity contribution in [1.82, 2.24) is 9.88 Å². The first-order chi connectivity index (χ1) is 16.7. The molecule has 1 aliphatic rings. The maximum atomic E-state index is 14.3. The highest BCUT2D eigenvalue weighted by atomic mass is 19.1. The van der Waals surface area contributed by atoms with Crippen LogP contribution in [0.5, 0.6) is 5.75 Å². The van der Waals surface area contributed by atoms with Gasteiger partial charge < -0.3 is 25.4 Å². The van der Waals surface area contributed by atoms with E-state index in [1.54, 1.807) is 25.2 Å². The molecule has 2 amide bonds. The molecule has 3 aromatic rings. The number of fused-ring (bicyclic) bond motifs is 1. The van der Waals surface area contributed by atoms with E-state index in [1.165, 1.54) is 16.7 Å². The molecule has 2 aromatic carbocycles. The molecule has 0 spiro atoms. The van der Waals surface area contributed by atoms with Crippen molar-refractivity contribution in [3.8, 4) is 16.9 Å². The van der Waals surface area contributed by atoms with Crippen LogP contribution in [0.2, 0.25) is 0 Å². The van der Waals surface area contributed by atoms with Gasteiger partial charge in [-0.25, -0.2) is 13.6 Å². The molecule has 0 fully saturated rings. The van der Waals surface area contributed by atoms with E-state index in [0.717, 1.165) is 18.6 Å². The van der Waals surface area contributed by atoms with Crippen molar-refractivity contribution >= 4 is 17.7 Å². The average molecular weight is 483 g/mol. The minimum Gasteiger partial charge on any atom is -0.505 e. The van der Waals surface area contributed by atoms with Crippen LogP contribution in [0.15, 0.2) is 47.3 Å². The number of aliphatic carboxylic acids is 1. The second kappa shape index (κ2) is 9.57. The molecule has 1 heterocycles. The second-order valence-electron chi connectivity index (χ2n) is 8.37. The summed E-state index contributed by atoms with van der Waals surface area (Å²) < 4.78 is 28.9. The lowest BCUT2D eigenvalue weighted by Gasteiger charge is -2.20. The van der Waals surface area contributed by atoms with Crippen LogP contribution in [-0.4, -0.2) is 26.8 Å². The third-order valence-electron chi connectivity index (χ3n) is 6.09. The van der Waals surface area contributed by atoms with Crippen molar-refractivity contribution in [3.63, 3.8) is 0 Å². The van der Waals surface area contributed by atoms with Crippen molar-refractivity contribution in [2.75, 3.05) is 5.32 Å². The SMILES string of the molecule is Cn1c2c(c(O)c(NC(=O)N[C@@H](CC(=O)O)c3cccc(-c4ccc(F)cc4F)c3)c1=O)CCC2. The molecule has 1 aromatic heterocycles. The van der Waals surface area contributed by atoms with Gasteiger partial charge in [0.15, 0.2) is 5.69 Å². The van der Waals surface area contributed by atoms with E-state index in [2.05, 4.69) is 10.6 Å². The van der Waals surface area contributed by atoms with Crippen LogP contribution in [0.3, 0.4) is 0 Å². The van der Waals surface area contributed by atoms with Gasteiger partial charge in [0.1, 0.15) is 17.4 Å². The number of benzene rings is 2. The molecule has 0 aliphatic heterocycles. The van der Waals surface area contributed by atoms with E-state index in [4.69, 9.17) is 0 Å². The van der Waals surface area contributed by atoms with E-state index in [1.807, 2.05) is 0 Å². The number of carbonyl (C=O) groups is 2. The Morgan fingerprint density at radius 3 is 2.63 bits per heavy atom. The fourth-order valence-electron chi connectivity index (χ4n) is 4.39. The van der Waals surface area contributed by atoms with Gasteiger partial charge in [-0.1, -0.05) is 18.2 Å². The maximum Gasteiger partial charge on any atom is 0.319 e. The molecule has 35 heavy (non-hydrogen) atoms. The lowest BCUT2D eigenvalue weighted by molar-refractivity contribution is -0.137. The van der Waals surface area contributed by atoms with Crippen LogP contribution in [0.4, 0.5) is 19.3 Å². The highest BCUT2D eigenvalue weighted by molar-refractivity contribution is 5.91. The summed E-state index contributed by atoms with van der Waals surface area (Å²) in [7, 11) is 1.56. The number of rotatable bonds is 6. The number of nitrogens with one attached hydrogen (secondary N) is 2. The van der Waals surface area contributed by atoms with Crippen LogP contribution in [0.1, 0.15) is 35.7 Å². The Morgan fingerprint density at radius 2 is 1.91 bits per heavy atom. The van der Waals surface area contributed by atoms with E-state index in [-0.39, 0.29) is 17.0 Å². The smallest absolute Gasteiger partial charge is 0.319 e. The van der Waals surface area contributed by atoms with Gasteiger partial charge in [-0.05, 0) is 48.6 Å². The molecule has 0 saturated heterocycles. The number of hydrogen-bond acceptors (Lipinski definition) is 4. The number of halogens is 2. The fraction of sp³-hybridized carbons (Fsp3) is 0.240. The summed E-state index contributed by atoms with van der Waals surface area (Å²) in [5.41, 5.74) is 1.27. The standard InChI is InChI=1S/C25H23F2N3O5/c1-30-20-7-3-6-17(20)23(33)22(24(30)34)29-25(35)28-19(12-21(31)32)14-5-2-4-13(10-14)16-9-8-15(26)11-18(16)27/h2,4-5,8-11,19,33H,3,6-7,12H2,1H3,(H,31,32)(H2,28,29,35)/t19-/m0/s1. The summed E-state index contributed by atoms with van der Waals surface area (Å²) in [6, 6.07) is 7.37. The Balaban J connectivity index is 1.61. The van der Waals surface area contributed by atoms with Gasteiger partial charge in [-0.2, -0.15) is 0 Å². The topological polar surface area (TPSA) is 121 Å². The number of carbonyl (C=O) groups excluding carboxylic acids is 1. The second-order valence-corrected chi connectivity index (χ2v) is 8.37. The number of aromatic hydroxyl groups is 1. The van der Waals surface area contributed by atoms with Gasteiger partial charge >= 0.3 is 12.0 Å². The van der Waals surface area contributed by atoms with Crippen LogP contribution < -0.4 is 16.2 Å². The van der Waals surface area contributed by atoms with Gasteiger partial charge in [0, 0.05) is 29.9 Å². The third-order valence-corrected chi connectivity index (χ3v) is 6.09. The molecular weight excluding hydrogens is 460 g/mol. The number of amides is 2. The zero-order chi connectivity index (χ0) is 25.3. The molecule has 8 nitrogen and oxygen atoms in total. The van der Waals surface area contributed by atoms with Crippen LogP contribution in [0.25, 0.3) is 11.1 Å². The van der Waals surface area contributed by atoms with E-state index >= 15 is 0 Å². The summed E-state index contributed by atoms with van der Waals surface area (Å²) in [5, 5.41) is 24.8. The normalized spacial score (nSPS) is 13.2. The van der Waals surface area contributed by atoms with Gasteiger partial charge in [0.05, 0.1) is 12.5 Å². The minimum absolute atomic E-state index is 0.110. The summed E-state index contributed by atoms with van der Waals surface area (Å²) in [4.78, 5) is 36.9. The number of aromatic nitrogens is 1. The molecule has 182 valence electrons. The van der Waals surface area contributed by atoms with Gasteiger partial charge in [-0.15, -0.1) is 0 Å². The maximum absolute atomic E-state index is 14.3. The molecule has 0 radical (unpaired) electrons. The van der Waals surface area contributed by atoms with Gasteiger partial charge in [-0.3, -0.25) is 9.59 Å². The number of nitrogens with zero attached hydrogens (tertiary/aromatic N) is 1. The Kier molecular flexibility index (Phi) is 6.54. The zero-order valence-corrected chi connectivity index (χ0v) is 18.8. The molecule has 0 unspecified atom stereocenters. The number of urea groups is 1. The molecular formula is C25H23F2N3O5. The van der Waals surface area contributed by atoms with Crippen LogP contribution in [-0.2, 0) is 24.7 Å². The largest absolute Gasteiger partial charge is 0.505 e. The Morgan fingerprint density at radius 1 is 1.14 bits per heavy atom. The lowest BCUT2D eigenvalue weighted by Crippen LogP contribution is -2.36. The lowest BCUT2D eigenvalue weighted by atomic mass is 9.97. The molecule has 1 aliphatic carbocycles. The van der Waals surface area contributed by atoms with Crippen molar-refractivity contribution in [3.05, 3.63) is 81.3 Å². The van der Waals surface area contributed by atoms with Crippen molar-refractivity contribution in [2.45, 2.75) is 31.7 Å². The average Bonchev–Trinajstić information content (AvgIpc) is 3.30.